The van der Waals surface area contributed by atoms with Crippen LogP contribution in [0.5, 0.6) is 0 Å². The summed E-state index contributed by atoms with van der Waals surface area (Å²) < 4.78 is 40.2. The maximum absolute atomic E-state index is 14.4. The maximum atomic E-state index is 14.4. The quantitative estimate of drug-likeness (QED) is 0.474. The SMILES string of the molecule is CN(C(=O)c1ccc(S(=O)(=O)N(C)C)cc1)c1ccccc1N1CCN(c2ccc(Cl)cc2F)CC1. The maximum Gasteiger partial charge on any atom is 0.258 e. The first-order valence-corrected chi connectivity index (χ1v) is 13.3. The van der Waals surface area contributed by atoms with E-state index in [0.29, 0.717) is 42.5 Å². The van der Waals surface area contributed by atoms with Crippen LogP contribution in [0.3, 0.4) is 0 Å². The zero-order valence-electron chi connectivity index (χ0n) is 20.4. The zero-order chi connectivity index (χ0) is 26.0. The molecule has 7 nitrogen and oxygen atoms in total. The van der Waals surface area contributed by atoms with E-state index in [1.54, 1.807) is 24.1 Å². The highest BCUT2D eigenvalue weighted by atomic mass is 35.5. The molecule has 0 N–H and O–H groups in total. The van der Waals surface area contributed by atoms with Gasteiger partial charge in [-0.1, -0.05) is 23.7 Å². The number of carbonyl (C=O) groups excluding carboxylic acids is 1. The smallest absolute Gasteiger partial charge is 0.258 e. The van der Waals surface area contributed by atoms with Crippen LogP contribution in [-0.2, 0) is 10.0 Å². The van der Waals surface area contributed by atoms with E-state index >= 15 is 0 Å². The lowest BCUT2D eigenvalue weighted by molar-refractivity contribution is 0.0993. The molecule has 0 saturated carbocycles. The summed E-state index contributed by atoms with van der Waals surface area (Å²) in [5.74, 6) is -0.593. The molecule has 1 aliphatic heterocycles. The van der Waals surface area contributed by atoms with Gasteiger partial charge in [0.2, 0.25) is 10.0 Å². The summed E-state index contributed by atoms with van der Waals surface area (Å²) in [6.07, 6.45) is 0. The van der Waals surface area contributed by atoms with Crippen LogP contribution in [0, 0.1) is 5.82 Å². The average Bonchev–Trinajstić information content (AvgIpc) is 2.88. The van der Waals surface area contributed by atoms with Gasteiger partial charge in [-0.15, -0.1) is 0 Å². The molecular formula is C26H28ClFN4O3S. The van der Waals surface area contributed by atoms with E-state index in [0.717, 1.165) is 15.7 Å². The molecule has 0 spiro atoms. The molecule has 190 valence electrons. The van der Waals surface area contributed by atoms with Crippen molar-refractivity contribution in [2.75, 3.05) is 62.0 Å². The first-order valence-electron chi connectivity index (χ1n) is 11.4. The molecule has 10 heteroatoms. The van der Waals surface area contributed by atoms with E-state index in [4.69, 9.17) is 11.6 Å². The number of piperazine rings is 1. The number of anilines is 3. The molecule has 1 heterocycles. The van der Waals surface area contributed by atoms with Crippen LogP contribution in [0.25, 0.3) is 0 Å². The van der Waals surface area contributed by atoms with E-state index in [1.807, 2.05) is 29.2 Å². The predicted octanol–water partition coefficient (Wildman–Crippen LogP) is 4.33. The monoisotopic (exact) mass is 530 g/mol. The van der Waals surface area contributed by atoms with Crippen molar-refractivity contribution in [3.05, 3.63) is 83.1 Å². The second-order valence-corrected chi connectivity index (χ2v) is 11.3. The van der Waals surface area contributed by atoms with Gasteiger partial charge < -0.3 is 14.7 Å². The fraction of sp³-hybridized carbons (Fsp3) is 0.269. The van der Waals surface area contributed by atoms with Crippen LogP contribution < -0.4 is 14.7 Å². The minimum atomic E-state index is -3.57. The van der Waals surface area contributed by atoms with E-state index in [9.17, 15) is 17.6 Å². The van der Waals surface area contributed by atoms with Gasteiger partial charge in [-0.05, 0) is 54.6 Å². The van der Waals surface area contributed by atoms with Crippen LogP contribution >= 0.6 is 11.6 Å². The molecule has 0 atom stereocenters. The molecule has 0 aliphatic carbocycles. The standard InChI is InChI=1S/C26H28ClFN4O3S/c1-29(2)36(34,35)21-11-8-19(9-12-21)26(33)30(3)24-6-4-5-7-25(24)32-16-14-31(15-17-32)23-13-10-20(27)18-22(23)28/h4-13,18H,14-17H2,1-3H3. The molecule has 0 aromatic heterocycles. The Kier molecular flexibility index (Phi) is 7.54. The topological polar surface area (TPSA) is 64.2 Å². The number of benzene rings is 3. The van der Waals surface area contributed by atoms with Gasteiger partial charge in [-0.25, -0.2) is 17.1 Å². The summed E-state index contributed by atoms with van der Waals surface area (Å²) in [5, 5.41) is 0.366. The summed E-state index contributed by atoms with van der Waals surface area (Å²) in [5.41, 5.74) is 2.54. The Morgan fingerprint density at radius 3 is 2.03 bits per heavy atom. The molecule has 0 radical (unpaired) electrons. The summed E-state index contributed by atoms with van der Waals surface area (Å²) >= 11 is 5.89. The summed E-state index contributed by atoms with van der Waals surface area (Å²) in [6, 6.07) is 18.3. The molecule has 1 aliphatic rings. The van der Waals surface area contributed by atoms with Gasteiger partial charge in [0.05, 0.1) is 22.0 Å². The lowest BCUT2D eigenvalue weighted by Crippen LogP contribution is -2.47. The molecule has 4 rings (SSSR count). The second kappa shape index (κ2) is 10.5. The van der Waals surface area contributed by atoms with Gasteiger partial charge in [-0.2, -0.15) is 0 Å². The largest absolute Gasteiger partial charge is 0.366 e. The number of para-hydroxylation sites is 2. The first kappa shape index (κ1) is 25.9. The van der Waals surface area contributed by atoms with Gasteiger partial charge in [0.25, 0.3) is 5.91 Å². The van der Waals surface area contributed by atoms with Crippen LogP contribution in [0.2, 0.25) is 5.02 Å². The van der Waals surface area contributed by atoms with Crippen LogP contribution in [0.15, 0.2) is 71.6 Å². The number of amides is 1. The van der Waals surface area contributed by atoms with Crippen molar-refractivity contribution >= 4 is 44.6 Å². The van der Waals surface area contributed by atoms with Crippen molar-refractivity contribution in [2.45, 2.75) is 4.90 Å². The Morgan fingerprint density at radius 2 is 1.44 bits per heavy atom. The fourth-order valence-corrected chi connectivity index (χ4v) is 5.28. The lowest BCUT2D eigenvalue weighted by atomic mass is 10.1. The van der Waals surface area contributed by atoms with Crippen LogP contribution in [-0.4, -0.2) is 66.0 Å². The Labute approximate surface area is 216 Å². The van der Waals surface area contributed by atoms with Crippen LogP contribution in [0.4, 0.5) is 21.5 Å². The van der Waals surface area contributed by atoms with Crippen molar-refractivity contribution in [1.82, 2.24) is 4.31 Å². The molecule has 36 heavy (non-hydrogen) atoms. The van der Waals surface area contributed by atoms with E-state index in [2.05, 4.69) is 4.90 Å². The minimum Gasteiger partial charge on any atom is -0.366 e. The molecule has 3 aromatic carbocycles. The fourth-order valence-electron chi connectivity index (χ4n) is 4.22. The Balaban J connectivity index is 1.51. The van der Waals surface area contributed by atoms with Gasteiger partial charge >= 0.3 is 0 Å². The highest BCUT2D eigenvalue weighted by Gasteiger charge is 2.24. The number of nitrogens with zero attached hydrogens (tertiary/aromatic N) is 4. The Morgan fingerprint density at radius 1 is 0.861 bits per heavy atom. The Hall–Kier alpha value is -3.14. The minimum absolute atomic E-state index is 0.127. The number of sulfonamides is 1. The van der Waals surface area contributed by atoms with E-state index in [-0.39, 0.29) is 16.6 Å². The Bertz CT molecular complexity index is 1360. The highest BCUT2D eigenvalue weighted by Crippen LogP contribution is 2.32. The van der Waals surface area contributed by atoms with Gasteiger partial charge in [0, 0.05) is 57.9 Å². The van der Waals surface area contributed by atoms with E-state index in [1.165, 1.54) is 44.4 Å². The molecule has 1 amide bonds. The number of carbonyl (C=O) groups is 1. The van der Waals surface area contributed by atoms with Gasteiger partial charge in [-0.3, -0.25) is 4.79 Å². The lowest BCUT2D eigenvalue weighted by Gasteiger charge is -2.39. The van der Waals surface area contributed by atoms with Crippen molar-refractivity contribution in [1.29, 1.82) is 0 Å². The number of halogens is 2. The number of hydrogen-bond donors (Lipinski definition) is 0. The third kappa shape index (κ3) is 5.18. The zero-order valence-corrected chi connectivity index (χ0v) is 21.9. The van der Waals surface area contributed by atoms with Gasteiger partial charge in [0.15, 0.2) is 0 Å². The highest BCUT2D eigenvalue weighted by molar-refractivity contribution is 7.89. The molecule has 0 unspecified atom stereocenters. The molecule has 3 aromatic rings. The van der Waals surface area contributed by atoms with Crippen molar-refractivity contribution < 1.29 is 17.6 Å². The van der Waals surface area contributed by atoms with Gasteiger partial charge in [0.1, 0.15) is 5.82 Å². The molecule has 1 saturated heterocycles. The molecular weight excluding hydrogens is 503 g/mol. The summed E-state index contributed by atoms with van der Waals surface area (Å²) in [6.45, 7) is 2.54. The molecule has 0 bridgehead atoms. The average molecular weight is 531 g/mol. The molecule has 1 fully saturated rings. The van der Waals surface area contributed by atoms with Crippen LogP contribution in [0.1, 0.15) is 10.4 Å². The third-order valence-corrected chi connectivity index (χ3v) is 8.36. The summed E-state index contributed by atoms with van der Waals surface area (Å²) in [4.78, 5) is 19.1. The van der Waals surface area contributed by atoms with Crippen molar-refractivity contribution in [2.24, 2.45) is 0 Å². The summed E-state index contributed by atoms with van der Waals surface area (Å²) in [7, 11) is 1.05. The van der Waals surface area contributed by atoms with E-state index < -0.39 is 10.0 Å². The second-order valence-electron chi connectivity index (χ2n) is 8.73. The number of rotatable bonds is 6. The number of hydrogen-bond acceptors (Lipinski definition) is 5. The third-order valence-electron chi connectivity index (χ3n) is 6.30. The normalized spacial score (nSPS) is 14.3. The first-order chi connectivity index (χ1) is 17.1. The predicted molar refractivity (Wildman–Crippen MR) is 142 cm³/mol. The van der Waals surface area contributed by atoms with Crippen molar-refractivity contribution in [3.63, 3.8) is 0 Å². The van der Waals surface area contributed by atoms with Crippen molar-refractivity contribution in [3.8, 4) is 0 Å².